The fourth-order valence-corrected chi connectivity index (χ4v) is 6.45. The van der Waals surface area contributed by atoms with Gasteiger partial charge in [-0.05, 0) is 59.9 Å². The van der Waals surface area contributed by atoms with Gasteiger partial charge in [0.15, 0.2) is 0 Å². The van der Waals surface area contributed by atoms with Crippen LogP contribution in [0, 0.1) is 0 Å². The van der Waals surface area contributed by atoms with Crippen molar-refractivity contribution < 1.29 is 42.5 Å². The van der Waals surface area contributed by atoms with E-state index in [1.807, 2.05) is 0 Å². The van der Waals surface area contributed by atoms with Gasteiger partial charge in [0.05, 0.1) is 87.0 Å². The van der Waals surface area contributed by atoms with Crippen LogP contribution in [-0.4, -0.2) is 13.7 Å². The average Bonchev–Trinajstić information content (AvgIpc) is 3.20. The molecule has 0 aliphatic rings. The van der Waals surface area contributed by atoms with Gasteiger partial charge >= 0.3 is 0 Å². The molecule has 0 amide bonds. The molecule has 0 spiro atoms. The minimum atomic E-state index is -1.14. The van der Waals surface area contributed by atoms with Gasteiger partial charge in [0, 0.05) is 43.6 Å². The van der Waals surface area contributed by atoms with Gasteiger partial charge in [-0.15, -0.1) is 0 Å². The molecule has 8 aromatic carbocycles. The second-order valence-corrected chi connectivity index (χ2v) is 11.0. The number of fused-ring (bicyclic) bond motifs is 9. The maximum atomic E-state index is 10.1. The second kappa shape index (κ2) is 10.8. The van der Waals surface area contributed by atoms with Crippen LogP contribution in [-0.2, 0) is 0 Å². The smallest absolute Gasteiger partial charge is 0.0782 e. The molecule has 0 saturated carbocycles. The zero-order valence-electron chi connectivity index (χ0n) is 56.3. The van der Waals surface area contributed by atoms with E-state index in [-0.39, 0.29) is 0 Å². The molecule has 238 valence electrons. The van der Waals surface area contributed by atoms with Crippen molar-refractivity contribution in [1.82, 2.24) is 13.7 Å². The van der Waals surface area contributed by atoms with Crippen LogP contribution in [0.25, 0.3) is 93.6 Å². The zero-order chi connectivity index (χ0) is 60.4. The Bertz CT molecular complexity index is 4830. The van der Waals surface area contributed by atoms with Crippen LogP contribution < -0.4 is 0 Å². The summed E-state index contributed by atoms with van der Waals surface area (Å²) in [7, 11) is 0. The van der Waals surface area contributed by atoms with Gasteiger partial charge in [-0.1, -0.05) is 133 Å². The molecule has 0 atom stereocenters. The van der Waals surface area contributed by atoms with E-state index in [0.29, 0.717) is 9.13 Å². The van der Waals surface area contributed by atoms with Crippen LogP contribution in [0.5, 0.6) is 0 Å². The molecule has 0 aliphatic carbocycles. The van der Waals surface area contributed by atoms with Gasteiger partial charge in [0.25, 0.3) is 0 Å². The molecule has 3 heterocycles. The van der Waals surface area contributed by atoms with E-state index in [0.717, 1.165) is 4.57 Å². The Labute approximate surface area is 338 Å². The normalized spacial score (nSPS) is 20.4. The molecule has 0 aliphatic heterocycles. The van der Waals surface area contributed by atoms with E-state index in [1.54, 1.807) is 0 Å². The summed E-state index contributed by atoms with van der Waals surface area (Å²) in [6, 6.07) is -30.7. The fourth-order valence-electron chi connectivity index (χ4n) is 6.45. The van der Waals surface area contributed by atoms with Gasteiger partial charge in [0.1, 0.15) is 0 Å². The molecular formula is C48H31N3. The Hall–Kier alpha value is -6.84. The van der Waals surface area contributed by atoms with Crippen LogP contribution >= 0.6 is 0 Å². The summed E-state index contributed by atoms with van der Waals surface area (Å²) in [5, 5.41) is -3.84. The monoisotopic (exact) mass is 680 g/mol. The number of aromatic nitrogens is 3. The summed E-state index contributed by atoms with van der Waals surface area (Å²) in [6.07, 6.45) is 0. The highest BCUT2D eigenvalue weighted by Gasteiger charge is 2.22. The molecule has 0 radical (unpaired) electrons. The van der Waals surface area contributed by atoms with E-state index >= 15 is 0 Å². The summed E-state index contributed by atoms with van der Waals surface area (Å²) < 4.78 is 284. The van der Waals surface area contributed by atoms with Crippen LogP contribution in [0.4, 0.5) is 0 Å². The molecule has 0 bridgehead atoms. The molecule has 3 heteroatoms. The third-order valence-corrected chi connectivity index (χ3v) is 8.46. The summed E-state index contributed by atoms with van der Waals surface area (Å²) >= 11 is 0. The van der Waals surface area contributed by atoms with Crippen LogP contribution in [0.1, 0.15) is 42.5 Å². The van der Waals surface area contributed by atoms with Crippen LogP contribution in [0.3, 0.4) is 0 Å². The first-order valence-electron chi connectivity index (χ1n) is 30.5. The summed E-state index contributed by atoms with van der Waals surface area (Å²) in [6.45, 7) is 0. The lowest BCUT2D eigenvalue weighted by Gasteiger charge is -2.17. The molecule has 3 aromatic heterocycles. The lowest BCUT2D eigenvalue weighted by atomic mass is 10.0. The molecule has 0 unspecified atom stereocenters. The molecular weight excluding hydrogens is 619 g/mol. The Balaban J connectivity index is 1.48. The molecule has 11 rings (SSSR count). The fraction of sp³-hybridized carbons (Fsp3) is 0. The van der Waals surface area contributed by atoms with Crippen molar-refractivity contribution in [3.8, 4) is 28.2 Å². The van der Waals surface area contributed by atoms with E-state index in [1.165, 1.54) is 0 Å². The van der Waals surface area contributed by atoms with Crippen molar-refractivity contribution in [2.75, 3.05) is 0 Å². The standard InChI is InChI=1S/C48H31N3/c1-2-15-32(16-3-1)34-17-4-9-23-41(34)51-45-27-13-7-20-37(45)39-22-14-28-47(48(39)51)50-44-26-12-8-21-38(44)40-31-33(29-30-46(40)50)49-42-24-10-5-18-35(42)36-19-6-11-25-43(36)49/h1-31H/i1D,2D,3D,4D,5D,6D,7D,8D,9D,10D,11D,12D,13D,14D,15D,16D,17D,18D,19D,20D,21D,22D,23D,24D,25D,26D,27D,28D,29D,30D,31D. The lowest BCUT2D eigenvalue weighted by molar-refractivity contribution is 1.13. The Kier molecular flexibility index (Phi) is 2.41. The topological polar surface area (TPSA) is 14.8 Å². The second-order valence-electron chi connectivity index (χ2n) is 11.0. The number of nitrogens with zero attached hydrogens (tertiary/aromatic N) is 3. The molecule has 0 N–H and O–H groups in total. The SMILES string of the molecule is [2H]c1c([2H])c([2H])c(-c2c([2H])c([2H])c([2H])c([2H])c2-n2c3c([2H])c([2H])c([2H])c([2H])c3c3c([2H])c([2H])c([2H])c(-n4c5c([2H])c([2H])c([2H])c([2H])c5c5c([2H])c(-n6c7c([2H])c([2H])c([2H])c([2H])c7c7c([2H])c([2H])c([2H])c([2H])c76)c([2H])c([2H])c54)c32)c([2H])c1[2H]. The van der Waals surface area contributed by atoms with Crippen LogP contribution in [0.15, 0.2) is 187 Å². The van der Waals surface area contributed by atoms with Gasteiger partial charge in [-0.3, -0.25) is 0 Å². The Morgan fingerprint density at radius 2 is 0.784 bits per heavy atom. The molecule has 3 nitrogen and oxygen atoms in total. The first-order valence-corrected chi connectivity index (χ1v) is 15.0. The summed E-state index contributed by atoms with van der Waals surface area (Å²) in [5.74, 6) is 0. The summed E-state index contributed by atoms with van der Waals surface area (Å²) in [5.41, 5.74) is -8.95. The third-order valence-electron chi connectivity index (χ3n) is 8.46. The summed E-state index contributed by atoms with van der Waals surface area (Å²) in [4.78, 5) is 0. The first kappa shape index (κ1) is 11.3. The van der Waals surface area contributed by atoms with Gasteiger partial charge in [-0.2, -0.15) is 0 Å². The Morgan fingerprint density at radius 1 is 0.314 bits per heavy atom. The molecule has 0 fully saturated rings. The maximum absolute atomic E-state index is 10.1. The number of rotatable bonds is 4. The molecule has 11 aromatic rings. The average molecular weight is 681 g/mol. The molecule has 0 saturated heterocycles. The highest BCUT2D eigenvalue weighted by Crippen LogP contribution is 2.42. The van der Waals surface area contributed by atoms with Gasteiger partial charge < -0.3 is 13.7 Å². The van der Waals surface area contributed by atoms with E-state index in [2.05, 4.69) is 0 Å². The van der Waals surface area contributed by atoms with Crippen molar-refractivity contribution in [3.63, 3.8) is 0 Å². The Morgan fingerprint density at radius 3 is 1.47 bits per heavy atom. The molecule has 51 heavy (non-hydrogen) atoms. The number of benzene rings is 8. The predicted molar refractivity (Wildman–Crippen MR) is 215 cm³/mol. The number of hydrogen-bond donors (Lipinski definition) is 0. The van der Waals surface area contributed by atoms with Crippen molar-refractivity contribution in [2.24, 2.45) is 0 Å². The first-order chi connectivity index (χ1) is 38.2. The number of para-hydroxylation sites is 6. The van der Waals surface area contributed by atoms with Gasteiger partial charge in [0.2, 0.25) is 0 Å². The number of hydrogen-bond acceptors (Lipinski definition) is 0. The lowest BCUT2D eigenvalue weighted by Crippen LogP contribution is -2.02. The van der Waals surface area contributed by atoms with Crippen LogP contribution in [0.2, 0.25) is 0 Å². The minimum absolute atomic E-state index is 0.508. The maximum Gasteiger partial charge on any atom is 0.0782 e. The predicted octanol–water partition coefficient (Wildman–Crippen LogP) is 12.6. The van der Waals surface area contributed by atoms with Crippen molar-refractivity contribution in [2.45, 2.75) is 0 Å². The minimum Gasteiger partial charge on any atom is -0.309 e. The zero-order valence-corrected chi connectivity index (χ0v) is 25.3. The largest absolute Gasteiger partial charge is 0.309 e. The van der Waals surface area contributed by atoms with E-state index in [9.17, 15) is 16.4 Å². The van der Waals surface area contributed by atoms with Gasteiger partial charge in [-0.25, -0.2) is 0 Å². The quantitative estimate of drug-likeness (QED) is 0.176. The van der Waals surface area contributed by atoms with Crippen molar-refractivity contribution >= 4 is 65.4 Å². The highest BCUT2D eigenvalue weighted by atomic mass is 15.1. The third kappa shape index (κ3) is 4.00. The van der Waals surface area contributed by atoms with Crippen molar-refractivity contribution in [3.05, 3.63) is 187 Å². The van der Waals surface area contributed by atoms with Crippen molar-refractivity contribution in [1.29, 1.82) is 0 Å². The van der Waals surface area contributed by atoms with E-state index in [4.69, 9.17) is 26.0 Å². The highest BCUT2D eigenvalue weighted by molar-refractivity contribution is 6.16. The van der Waals surface area contributed by atoms with E-state index < -0.39 is 281 Å².